The Morgan fingerprint density at radius 2 is 1.71 bits per heavy atom. The molecule has 0 aromatic heterocycles. The third kappa shape index (κ3) is 4.66. The van der Waals surface area contributed by atoms with Crippen molar-refractivity contribution in [2.24, 2.45) is 17.6 Å². The first-order valence-electron chi connectivity index (χ1n) is 16.3. The van der Waals surface area contributed by atoms with Gasteiger partial charge in [-0.2, -0.15) is 0 Å². The highest BCUT2D eigenvalue weighted by atomic mass is 16.3. The number of nitrogens with zero attached hydrogens (tertiary/aromatic N) is 2. The van der Waals surface area contributed by atoms with Gasteiger partial charge in [0.25, 0.3) is 0 Å². The van der Waals surface area contributed by atoms with Crippen molar-refractivity contribution in [2.45, 2.75) is 64.0 Å². The van der Waals surface area contributed by atoms with E-state index < -0.39 is 11.6 Å². The molecule has 0 bridgehead atoms. The van der Waals surface area contributed by atoms with Gasteiger partial charge in [-0.15, -0.1) is 0 Å². The zero-order valence-electron chi connectivity index (χ0n) is 27.9. The van der Waals surface area contributed by atoms with Crippen LogP contribution in [-0.4, -0.2) is 54.9 Å². The summed E-state index contributed by atoms with van der Waals surface area (Å²) in [6.07, 6.45) is 8.61. The molecule has 0 fully saturated rings. The summed E-state index contributed by atoms with van der Waals surface area (Å²) in [6, 6.07) is 10.9. The van der Waals surface area contributed by atoms with Crippen molar-refractivity contribution >= 4 is 16.8 Å². The van der Waals surface area contributed by atoms with Crippen LogP contribution >= 0.6 is 0 Å². The number of anilines is 1. The number of benzene rings is 2. The Hall–Kier alpha value is -3.80. The molecule has 236 valence electrons. The zero-order valence-corrected chi connectivity index (χ0v) is 27.9. The first kappa shape index (κ1) is 31.2. The van der Waals surface area contributed by atoms with E-state index >= 15 is 0 Å². The van der Waals surface area contributed by atoms with Crippen molar-refractivity contribution in [3.63, 3.8) is 0 Å². The second-order valence-corrected chi connectivity index (χ2v) is 14.1. The van der Waals surface area contributed by atoms with Crippen LogP contribution in [0.15, 0.2) is 89.9 Å². The maximum absolute atomic E-state index is 12.7. The molecule has 4 aliphatic carbocycles. The first-order valence-corrected chi connectivity index (χ1v) is 16.3. The number of nitrogens with two attached hydrogens (primary N) is 1. The molecule has 0 amide bonds. The summed E-state index contributed by atoms with van der Waals surface area (Å²) < 4.78 is 0. The van der Waals surface area contributed by atoms with E-state index in [1.165, 1.54) is 57.5 Å². The molecule has 4 N–H and O–H groups in total. The van der Waals surface area contributed by atoms with Gasteiger partial charge in [-0.05, 0) is 152 Å². The number of hydrogen-bond donors (Lipinski definition) is 3. The first-order chi connectivity index (χ1) is 21.3. The number of hydrogen-bond acceptors (Lipinski definition) is 5. The van der Waals surface area contributed by atoms with Crippen molar-refractivity contribution in [1.82, 2.24) is 4.90 Å². The minimum atomic E-state index is -1.38. The van der Waals surface area contributed by atoms with Crippen LogP contribution in [0.4, 0.5) is 5.69 Å². The van der Waals surface area contributed by atoms with E-state index in [-0.39, 0.29) is 23.3 Å². The molecule has 0 aliphatic heterocycles. The number of aliphatic hydroxyl groups is 2. The lowest BCUT2D eigenvalue weighted by Crippen LogP contribution is -2.58. The Morgan fingerprint density at radius 3 is 2.29 bits per heavy atom. The SMILES string of the molecule is C=C(N)C1=C(O)[C@@H](N(C)C)[C@@H]2C[C@@H]3Cc4c(-c5ccc(N(C)C)cc5)cc(C5=CCCCC5)c(C)c4C(=C)C3=C(C)[C@]2(O)C1=C. The third-order valence-electron chi connectivity index (χ3n) is 11.1. The third-order valence-corrected chi connectivity index (χ3v) is 11.1. The van der Waals surface area contributed by atoms with Gasteiger partial charge in [-0.3, -0.25) is 4.90 Å². The van der Waals surface area contributed by atoms with Crippen molar-refractivity contribution in [2.75, 3.05) is 33.1 Å². The Balaban J connectivity index is 1.58. The van der Waals surface area contributed by atoms with Gasteiger partial charge in [0.2, 0.25) is 0 Å². The summed E-state index contributed by atoms with van der Waals surface area (Å²) >= 11 is 0. The Morgan fingerprint density at radius 1 is 1.02 bits per heavy atom. The minimum absolute atomic E-state index is 0.139. The van der Waals surface area contributed by atoms with Crippen molar-refractivity contribution < 1.29 is 10.2 Å². The van der Waals surface area contributed by atoms with Crippen LogP contribution < -0.4 is 10.6 Å². The Kier molecular flexibility index (Phi) is 7.78. The van der Waals surface area contributed by atoms with Gasteiger partial charge in [-0.1, -0.05) is 37.9 Å². The molecule has 5 heteroatoms. The molecule has 0 heterocycles. The van der Waals surface area contributed by atoms with Crippen molar-refractivity contribution in [3.05, 3.63) is 112 Å². The van der Waals surface area contributed by atoms with Gasteiger partial charge < -0.3 is 20.8 Å². The molecule has 0 unspecified atom stereocenters. The maximum Gasteiger partial charge on any atom is 0.119 e. The second-order valence-electron chi connectivity index (χ2n) is 14.1. The van der Waals surface area contributed by atoms with Gasteiger partial charge >= 0.3 is 0 Å². The van der Waals surface area contributed by atoms with E-state index in [0.717, 1.165) is 36.0 Å². The molecule has 4 aliphatic rings. The molecule has 2 aromatic rings. The normalized spacial score (nSPS) is 26.4. The Labute approximate surface area is 269 Å². The molecule has 45 heavy (non-hydrogen) atoms. The molecule has 2 aromatic carbocycles. The highest BCUT2D eigenvalue weighted by Gasteiger charge is 2.57. The quantitative estimate of drug-likeness (QED) is 0.326. The van der Waals surface area contributed by atoms with Crippen LogP contribution in [0.5, 0.6) is 0 Å². The number of likely N-dealkylation sites (N-methyl/N-ethyl adjacent to an activating group) is 1. The summed E-state index contributed by atoms with van der Waals surface area (Å²) in [4.78, 5) is 4.11. The van der Waals surface area contributed by atoms with E-state index in [9.17, 15) is 10.2 Å². The molecule has 4 atom stereocenters. The summed E-state index contributed by atoms with van der Waals surface area (Å²) in [6.45, 7) is 17.4. The Bertz CT molecular complexity index is 1720. The molecule has 0 radical (unpaired) electrons. The lowest BCUT2D eigenvalue weighted by Gasteiger charge is -2.54. The van der Waals surface area contributed by atoms with E-state index in [1.807, 2.05) is 25.9 Å². The number of fused-ring (bicyclic) bond motifs is 3. The van der Waals surface area contributed by atoms with Crippen LogP contribution in [0, 0.1) is 18.8 Å². The monoisotopic (exact) mass is 603 g/mol. The van der Waals surface area contributed by atoms with Gasteiger partial charge in [0.05, 0.1) is 6.04 Å². The predicted octanol–water partition coefficient (Wildman–Crippen LogP) is 7.72. The molecule has 0 saturated heterocycles. The summed E-state index contributed by atoms with van der Waals surface area (Å²) in [5.74, 6) is -0.0249. The number of rotatable bonds is 5. The van der Waals surface area contributed by atoms with Crippen LogP contribution in [0.3, 0.4) is 0 Å². The fraction of sp³-hybridized carbons (Fsp3) is 0.400. The largest absolute Gasteiger partial charge is 0.510 e. The molecule has 5 nitrogen and oxygen atoms in total. The average Bonchev–Trinajstić information content (AvgIpc) is 2.99. The van der Waals surface area contributed by atoms with Crippen LogP contribution in [0.25, 0.3) is 22.3 Å². The zero-order chi connectivity index (χ0) is 32.5. The maximum atomic E-state index is 12.7. The minimum Gasteiger partial charge on any atom is -0.510 e. The van der Waals surface area contributed by atoms with Crippen LogP contribution in [0.2, 0.25) is 0 Å². The van der Waals surface area contributed by atoms with Crippen molar-refractivity contribution in [3.8, 4) is 11.1 Å². The van der Waals surface area contributed by atoms with Crippen LogP contribution in [-0.2, 0) is 6.42 Å². The highest BCUT2D eigenvalue weighted by Crippen LogP contribution is 2.58. The van der Waals surface area contributed by atoms with Gasteiger partial charge in [0.15, 0.2) is 0 Å². The van der Waals surface area contributed by atoms with E-state index in [4.69, 9.17) is 12.3 Å². The van der Waals surface area contributed by atoms with E-state index in [0.29, 0.717) is 17.6 Å². The number of allylic oxidation sites excluding steroid dienone is 5. The van der Waals surface area contributed by atoms with Gasteiger partial charge in [-0.25, -0.2) is 0 Å². The molecule has 6 rings (SSSR count). The lowest BCUT2D eigenvalue weighted by molar-refractivity contribution is -0.0178. The van der Waals surface area contributed by atoms with E-state index in [1.54, 1.807) is 0 Å². The average molecular weight is 604 g/mol. The summed E-state index contributed by atoms with van der Waals surface area (Å²) in [5.41, 5.74) is 19.0. The highest BCUT2D eigenvalue weighted by molar-refractivity contribution is 5.92. The predicted molar refractivity (Wildman–Crippen MR) is 189 cm³/mol. The topological polar surface area (TPSA) is 73.0 Å². The van der Waals surface area contributed by atoms with Gasteiger partial charge in [0.1, 0.15) is 11.4 Å². The smallest absolute Gasteiger partial charge is 0.119 e. The standard InChI is InChI=1S/C40H49N3O2/c1-22-31(27-13-11-10-12-14-27)21-32(28-15-17-30(18-16-28)42(6)7)33-19-29-20-34-38(43(8)9)39(44)37(26(5)41)25(4)40(34,45)24(3)36(29)23(2)35(22)33/h13,15-18,21,29,34,38,44-45H,2,4-5,10-12,14,19-20,41H2,1,3,6-9H3/t29-,34-,38-,40-/m0/s1. The van der Waals surface area contributed by atoms with Gasteiger partial charge in [0, 0.05) is 37.0 Å². The summed E-state index contributed by atoms with van der Waals surface area (Å²) in [7, 11) is 8.02. The van der Waals surface area contributed by atoms with Crippen LogP contribution in [0.1, 0.15) is 61.3 Å². The van der Waals surface area contributed by atoms with Crippen molar-refractivity contribution in [1.29, 1.82) is 0 Å². The molecule has 0 saturated carbocycles. The summed E-state index contributed by atoms with van der Waals surface area (Å²) in [5, 5.41) is 24.3. The van der Waals surface area contributed by atoms with E-state index in [2.05, 4.69) is 75.5 Å². The number of aliphatic hydroxyl groups excluding tert-OH is 1. The molecule has 0 spiro atoms. The second kappa shape index (κ2) is 11.2. The molecular formula is C40H49N3O2. The molecular weight excluding hydrogens is 554 g/mol. The fourth-order valence-electron chi connectivity index (χ4n) is 8.95. The lowest BCUT2D eigenvalue weighted by atomic mass is 9.55. The fourth-order valence-corrected chi connectivity index (χ4v) is 8.95.